The SMILES string of the molecule is COc1ccccc1CCNC(=O)Nc1ccc(OC)c(OC)c1. The van der Waals surface area contributed by atoms with Crippen molar-refractivity contribution in [2.24, 2.45) is 0 Å². The van der Waals surface area contributed by atoms with E-state index in [9.17, 15) is 4.79 Å². The lowest BCUT2D eigenvalue weighted by Gasteiger charge is -2.12. The minimum Gasteiger partial charge on any atom is -0.496 e. The molecule has 0 atom stereocenters. The Kier molecular flexibility index (Phi) is 6.31. The van der Waals surface area contributed by atoms with Gasteiger partial charge < -0.3 is 24.8 Å². The lowest BCUT2D eigenvalue weighted by Crippen LogP contribution is -2.30. The number of amides is 2. The molecule has 2 N–H and O–H groups in total. The average Bonchev–Trinajstić information content (AvgIpc) is 2.62. The van der Waals surface area contributed by atoms with Gasteiger partial charge in [0.25, 0.3) is 0 Å². The molecule has 0 aliphatic carbocycles. The third-order valence-corrected chi connectivity index (χ3v) is 3.51. The molecule has 0 saturated carbocycles. The standard InChI is InChI=1S/C18H22N2O4/c1-22-15-7-5-4-6-13(15)10-11-19-18(21)20-14-8-9-16(23-2)17(12-14)24-3/h4-9,12H,10-11H2,1-3H3,(H2,19,20,21). The highest BCUT2D eigenvalue weighted by Gasteiger charge is 2.07. The second-order valence-electron chi connectivity index (χ2n) is 5.01. The molecule has 0 heterocycles. The molecule has 0 aromatic heterocycles. The number of benzene rings is 2. The summed E-state index contributed by atoms with van der Waals surface area (Å²) in [5, 5.41) is 5.59. The molecule has 128 valence electrons. The van der Waals surface area contributed by atoms with Crippen LogP contribution in [0.2, 0.25) is 0 Å². The molecule has 0 radical (unpaired) electrons. The van der Waals surface area contributed by atoms with Gasteiger partial charge in [-0.25, -0.2) is 4.79 Å². The molecule has 0 aliphatic heterocycles. The van der Waals surface area contributed by atoms with Crippen LogP contribution >= 0.6 is 0 Å². The Morgan fingerprint density at radius 2 is 1.62 bits per heavy atom. The quantitative estimate of drug-likeness (QED) is 0.818. The maximum atomic E-state index is 12.0. The van der Waals surface area contributed by atoms with E-state index >= 15 is 0 Å². The van der Waals surface area contributed by atoms with Crippen molar-refractivity contribution in [1.82, 2.24) is 5.32 Å². The van der Waals surface area contributed by atoms with Crippen LogP contribution in [0, 0.1) is 0 Å². The number of urea groups is 1. The van der Waals surface area contributed by atoms with Crippen LogP contribution in [0.15, 0.2) is 42.5 Å². The van der Waals surface area contributed by atoms with Crippen LogP contribution in [0.25, 0.3) is 0 Å². The summed E-state index contributed by atoms with van der Waals surface area (Å²) < 4.78 is 15.7. The molecule has 0 unspecified atom stereocenters. The number of carbonyl (C=O) groups is 1. The van der Waals surface area contributed by atoms with Crippen molar-refractivity contribution in [2.75, 3.05) is 33.2 Å². The zero-order valence-corrected chi connectivity index (χ0v) is 14.1. The molecule has 6 nitrogen and oxygen atoms in total. The first-order chi connectivity index (χ1) is 11.7. The Balaban J connectivity index is 1.87. The van der Waals surface area contributed by atoms with Crippen LogP contribution in [0.3, 0.4) is 0 Å². The summed E-state index contributed by atoms with van der Waals surface area (Å²) in [5.41, 5.74) is 1.67. The summed E-state index contributed by atoms with van der Waals surface area (Å²) in [6.07, 6.45) is 0.684. The molecule has 0 fully saturated rings. The Bertz CT molecular complexity index is 688. The maximum Gasteiger partial charge on any atom is 0.319 e. The lowest BCUT2D eigenvalue weighted by atomic mass is 10.1. The molecule has 2 aromatic carbocycles. The monoisotopic (exact) mass is 330 g/mol. The maximum absolute atomic E-state index is 12.0. The van der Waals surface area contributed by atoms with Gasteiger partial charge in [-0.1, -0.05) is 18.2 Å². The van der Waals surface area contributed by atoms with Crippen LogP contribution in [-0.2, 0) is 6.42 Å². The number of nitrogens with one attached hydrogen (secondary N) is 2. The Morgan fingerprint density at radius 1 is 0.917 bits per heavy atom. The average molecular weight is 330 g/mol. The van der Waals surface area contributed by atoms with Gasteiger partial charge in [0.2, 0.25) is 0 Å². The van der Waals surface area contributed by atoms with Gasteiger partial charge in [0.15, 0.2) is 11.5 Å². The number of ether oxygens (including phenoxy) is 3. The van der Waals surface area contributed by atoms with E-state index < -0.39 is 0 Å². The number of para-hydroxylation sites is 1. The number of rotatable bonds is 7. The summed E-state index contributed by atoms with van der Waals surface area (Å²) >= 11 is 0. The van der Waals surface area contributed by atoms with Crippen LogP contribution in [-0.4, -0.2) is 33.9 Å². The second kappa shape index (κ2) is 8.67. The number of carbonyl (C=O) groups excluding carboxylic acids is 1. The second-order valence-corrected chi connectivity index (χ2v) is 5.01. The molecule has 2 amide bonds. The molecule has 0 spiro atoms. The summed E-state index contributed by atoms with van der Waals surface area (Å²) in [4.78, 5) is 12.0. The van der Waals surface area contributed by atoms with Gasteiger partial charge in [-0.05, 0) is 30.2 Å². The van der Waals surface area contributed by atoms with E-state index in [1.54, 1.807) is 39.5 Å². The largest absolute Gasteiger partial charge is 0.496 e. The first-order valence-electron chi connectivity index (χ1n) is 7.56. The molecule has 0 aliphatic rings. The molecular formula is C18H22N2O4. The first-order valence-corrected chi connectivity index (χ1v) is 7.56. The Labute approximate surface area is 141 Å². The summed E-state index contributed by atoms with van der Waals surface area (Å²) in [6.45, 7) is 0.500. The first kappa shape index (κ1) is 17.5. The molecule has 6 heteroatoms. The number of methoxy groups -OCH3 is 3. The van der Waals surface area contributed by atoms with Crippen molar-refractivity contribution in [3.63, 3.8) is 0 Å². The van der Waals surface area contributed by atoms with Gasteiger partial charge in [-0.15, -0.1) is 0 Å². The zero-order chi connectivity index (χ0) is 17.4. The van der Waals surface area contributed by atoms with Crippen molar-refractivity contribution < 1.29 is 19.0 Å². The summed E-state index contributed by atoms with van der Waals surface area (Å²) in [5.74, 6) is 1.99. The van der Waals surface area contributed by atoms with E-state index in [0.717, 1.165) is 11.3 Å². The van der Waals surface area contributed by atoms with Crippen molar-refractivity contribution >= 4 is 11.7 Å². The summed E-state index contributed by atoms with van der Waals surface area (Å²) in [7, 11) is 4.75. The minimum absolute atomic E-state index is 0.280. The molecule has 0 saturated heterocycles. The van der Waals surface area contributed by atoms with Gasteiger partial charge in [-0.2, -0.15) is 0 Å². The summed E-state index contributed by atoms with van der Waals surface area (Å²) in [6, 6.07) is 12.7. The topological polar surface area (TPSA) is 68.8 Å². The van der Waals surface area contributed by atoms with E-state index in [2.05, 4.69) is 10.6 Å². The predicted octanol–water partition coefficient (Wildman–Crippen LogP) is 3.08. The van der Waals surface area contributed by atoms with Gasteiger partial charge in [0.05, 0.1) is 21.3 Å². The van der Waals surface area contributed by atoms with Crippen molar-refractivity contribution in [1.29, 1.82) is 0 Å². The van der Waals surface area contributed by atoms with Crippen LogP contribution < -0.4 is 24.8 Å². The molecular weight excluding hydrogens is 308 g/mol. The zero-order valence-electron chi connectivity index (χ0n) is 14.1. The van der Waals surface area contributed by atoms with E-state index in [-0.39, 0.29) is 6.03 Å². The fourth-order valence-electron chi connectivity index (χ4n) is 2.31. The van der Waals surface area contributed by atoms with E-state index in [1.807, 2.05) is 24.3 Å². The normalized spacial score (nSPS) is 9.96. The molecule has 0 bridgehead atoms. The highest BCUT2D eigenvalue weighted by molar-refractivity contribution is 5.89. The Morgan fingerprint density at radius 3 is 2.33 bits per heavy atom. The number of hydrogen-bond acceptors (Lipinski definition) is 4. The number of anilines is 1. The fraction of sp³-hybridized carbons (Fsp3) is 0.278. The third-order valence-electron chi connectivity index (χ3n) is 3.51. The van der Waals surface area contributed by atoms with Gasteiger partial charge >= 0.3 is 6.03 Å². The van der Waals surface area contributed by atoms with Gasteiger partial charge in [-0.3, -0.25) is 0 Å². The van der Waals surface area contributed by atoms with E-state index in [4.69, 9.17) is 14.2 Å². The highest BCUT2D eigenvalue weighted by atomic mass is 16.5. The molecule has 2 aromatic rings. The molecule has 24 heavy (non-hydrogen) atoms. The van der Waals surface area contributed by atoms with Gasteiger partial charge in [0, 0.05) is 18.3 Å². The third kappa shape index (κ3) is 4.55. The van der Waals surface area contributed by atoms with Crippen LogP contribution in [0.1, 0.15) is 5.56 Å². The molecule has 2 rings (SSSR count). The lowest BCUT2D eigenvalue weighted by molar-refractivity contribution is 0.252. The highest BCUT2D eigenvalue weighted by Crippen LogP contribution is 2.29. The smallest absolute Gasteiger partial charge is 0.319 e. The van der Waals surface area contributed by atoms with Crippen LogP contribution in [0.4, 0.5) is 10.5 Å². The van der Waals surface area contributed by atoms with E-state index in [0.29, 0.717) is 30.2 Å². The predicted molar refractivity (Wildman–Crippen MR) is 93.3 cm³/mol. The Hall–Kier alpha value is -2.89. The van der Waals surface area contributed by atoms with Gasteiger partial charge in [0.1, 0.15) is 5.75 Å². The van der Waals surface area contributed by atoms with Crippen molar-refractivity contribution in [2.45, 2.75) is 6.42 Å². The van der Waals surface area contributed by atoms with E-state index in [1.165, 1.54) is 0 Å². The number of hydrogen-bond donors (Lipinski definition) is 2. The van der Waals surface area contributed by atoms with Crippen molar-refractivity contribution in [3.05, 3.63) is 48.0 Å². The van der Waals surface area contributed by atoms with Crippen LogP contribution in [0.5, 0.6) is 17.2 Å². The fourth-order valence-corrected chi connectivity index (χ4v) is 2.31. The van der Waals surface area contributed by atoms with Crippen molar-refractivity contribution in [3.8, 4) is 17.2 Å². The minimum atomic E-state index is -0.280.